The van der Waals surface area contributed by atoms with E-state index in [0.29, 0.717) is 43.6 Å². The molecule has 1 aliphatic heterocycles. The smallest absolute Gasteiger partial charge is 0.249 e. The molecule has 3 saturated carbocycles. The van der Waals surface area contributed by atoms with Crippen molar-refractivity contribution in [1.29, 1.82) is 0 Å². The number of fused-ring (bicyclic) bond motifs is 1. The van der Waals surface area contributed by atoms with E-state index in [2.05, 4.69) is 20.6 Å². The Labute approximate surface area is 224 Å². The Hall–Kier alpha value is -3.11. The van der Waals surface area contributed by atoms with E-state index in [1.54, 1.807) is 17.0 Å². The fourth-order valence-electron chi connectivity index (χ4n) is 6.86. The zero-order valence-corrected chi connectivity index (χ0v) is 22.0. The van der Waals surface area contributed by atoms with Gasteiger partial charge in [0.1, 0.15) is 17.4 Å². The number of piperidine rings is 1. The van der Waals surface area contributed by atoms with Crippen molar-refractivity contribution in [3.05, 3.63) is 29.8 Å². The third kappa shape index (κ3) is 4.89. The fraction of sp³-hybridized carbons (Fsp3) is 0.643. The van der Waals surface area contributed by atoms with E-state index < -0.39 is 40.6 Å². The van der Waals surface area contributed by atoms with Crippen LogP contribution in [0.25, 0.3) is 11.0 Å². The number of imidazole rings is 1. The van der Waals surface area contributed by atoms with Crippen LogP contribution in [0, 0.1) is 17.2 Å². The molecule has 0 bridgehead atoms. The van der Waals surface area contributed by atoms with E-state index in [0.717, 1.165) is 19.3 Å². The Morgan fingerprint density at radius 2 is 1.92 bits per heavy atom. The van der Waals surface area contributed by atoms with Crippen LogP contribution in [-0.2, 0) is 19.9 Å². The van der Waals surface area contributed by atoms with Gasteiger partial charge in [0.2, 0.25) is 23.6 Å². The van der Waals surface area contributed by atoms with Gasteiger partial charge in [-0.3, -0.25) is 14.4 Å². The average molecular weight is 546 g/mol. The molecule has 2 heterocycles. The number of aromatic nitrogens is 2. The van der Waals surface area contributed by atoms with Gasteiger partial charge in [0.15, 0.2) is 5.82 Å². The summed E-state index contributed by atoms with van der Waals surface area (Å²) in [4.78, 5) is 49.2. The molecule has 11 heteroatoms. The van der Waals surface area contributed by atoms with Gasteiger partial charge in [0, 0.05) is 31.3 Å². The number of para-hydroxylation sites is 1. The fourth-order valence-corrected chi connectivity index (χ4v) is 6.86. The minimum Gasteiger partial charge on any atom is -0.344 e. The van der Waals surface area contributed by atoms with Gasteiger partial charge in [-0.15, -0.1) is 0 Å². The highest BCUT2D eigenvalue weighted by Gasteiger charge is 2.63. The summed E-state index contributed by atoms with van der Waals surface area (Å²) in [5, 5.41) is 5.74. The van der Waals surface area contributed by atoms with Gasteiger partial charge in [-0.2, -0.15) is 0 Å². The molecule has 8 nitrogen and oxygen atoms in total. The van der Waals surface area contributed by atoms with Crippen LogP contribution in [0.4, 0.5) is 13.2 Å². The molecule has 1 saturated heterocycles. The molecule has 0 radical (unpaired) electrons. The number of H-pyrrole nitrogens is 1. The molecule has 6 rings (SSSR count). The van der Waals surface area contributed by atoms with Crippen LogP contribution in [0.3, 0.4) is 0 Å². The molecule has 3 N–H and O–H groups in total. The number of halogens is 3. The number of nitrogens with zero attached hydrogens (tertiary/aromatic N) is 2. The second-order valence-corrected chi connectivity index (χ2v) is 12.3. The lowest BCUT2D eigenvalue weighted by Crippen LogP contribution is -2.59. The number of aromatic amines is 1. The summed E-state index contributed by atoms with van der Waals surface area (Å²) in [6, 6.07) is 3.54. The standard InChI is InChI=1S/C28H34F3N5O3/c1-16-5-2-3-10-36(16)21(37)11-20(32-23(38)17-12-26(13-17)14-28(30,31)15-26)24(39)35-27(8-9-27)25-33-19-7-4-6-18(29)22(19)34-25/h4,6-7,16-17,20H,2-3,5,8-15H2,1H3,(H,32,38)(H,33,34)(H,35,39)/t16-,20-/m0/s1. The number of hydrogen-bond donors (Lipinski definition) is 3. The summed E-state index contributed by atoms with van der Waals surface area (Å²) >= 11 is 0. The first kappa shape index (κ1) is 26.1. The number of carbonyl (C=O) groups excluding carboxylic acids is 3. The minimum absolute atomic E-state index is 0.0534. The van der Waals surface area contributed by atoms with Gasteiger partial charge in [-0.25, -0.2) is 18.2 Å². The molecular formula is C28H34F3N5O3. The van der Waals surface area contributed by atoms with Crippen LogP contribution in [0.15, 0.2) is 18.2 Å². The lowest BCUT2D eigenvalue weighted by Gasteiger charge is -2.56. The zero-order chi connectivity index (χ0) is 27.6. The predicted octanol–water partition coefficient (Wildman–Crippen LogP) is 3.91. The summed E-state index contributed by atoms with van der Waals surface area (Å²) < 4.78 is 41.1. The second-order valence-electron chi connectivity index (χ2n) is 12.3. The number of benzene rings is 1. The quantitative estimate of drug-likeness (QED) is 0.491. The van der Waals surface area contributed by atoms with Crippen LogP contribution in [0.1, 0.15) is 77.0 Å². The first-order valence-electron chi connectivity index (χ1n) is 13.9. The van der Waals surface area contributed by atoms with E-state index in [4.69, 9.17) is 0 Å². The molecule has 4 aliphatic rings. The molecule has 1 spiro atoms. The van der Waals surface area contributed by atoms with Crippen LogP contribution >= 0.6 is 0 Å². The summed E-state index contributed by atoms with van der Waals surface area (Å²) in [5.74, 6) is -4.24. The lowest BCUT2D eigenvalue weighted by molar-refractivity contribution is -0.207. The topological polar surface area (TPSA) is 107 Å². The summed E-state index contributed by atoms with van der Waals surface area (Å²) in [5.41, 5.74) is -0.597. The largest absolute Gasteiger partial charge is 0.344 e. The zero-order valence-electron chi connectivity index (χ0n) is 22.0. The van der Waals surface area contributed by atoms with E-state index in [1.807, 2.05) is 6.92 Å². The number of amides is 3. The van der Waals surface area contributed by atoms with Crippen molar-refractivity contribution in [2.24, 2.45) is 11.3 Å². The summed E-state index contributed by atoms with van der Waals surface area (Å²) in [6.45, 7) is 2.59. The molecule has 3 aliphatic carbocycles. The van der Waals surface area contributed by atoms with Crippen molar-refractivity contribution in [2.45, 2.75) is 94.7 Å². The number of alkyl halides is 2. The molecule has 2 aromatic rings. The van der Waals surface area contributed by atoms with Crippen LogP contribution in [0.2, 0.25) is 0 Å². The first-order chi connectivity index (χ1) is 18.5. The SMILES string of the molecule is C[C@H]1CCCCN1C(=O)C[C@H](NC(=O)C1CC2(C1)CC(F)(F)C2)C(=O)NC1(c2nc3c(F)cccc3[nH]2)CC1. The van der Waals surface area contributed by atoms with Gasteiger partial charge in [0.25, 0.3) is 0 Å². The van der Waals surface area contributed by atoms with Crippen molar-refractivity contribution < 1.29 is 27.6 Å². The third-order valence-corrected chi connectivity index (χ3v) is 9.16. The van der Waals surface area contributed by atoms with Gasteiger partial charge in [-0.05, 0) is 69.4 Å². The Bertz CT molecular complexity index is 1310. The highest BCUT2D eigenvalue weighted by molar-refractivity contribution is 5.93. The van der Waals surface area contributed by atoms with Crippen LogP contribution in [-0.4, -0.2) is 57.1 Å². The van der Waals surface area contributed by atoms with Crippen molar-refractivity contribution in [2.75, 3.05) is 6.54 Å². The highest BCUT2D eigenvalue weighted by atomic mass is 19.3. The Morgan fingerprint density at radius 1 is 1.18 bits per heavy atom. The normalized spacial score (nSPS) is 25.4. The Morgan fingerprint density at radius 3 is 2.56 bits per heavy atom. The van der Waals surface area contributed by atoms with Crippen molar-refractivity contribution in [1.82, 2.24) is 25.5 Å². The number of hydrogen-bond acceptors (Lipinski definition) is 4. The number of carbonyl (C=O) groups is 3. The van der Waals surface area contributed by atoms with Crippen LogP contribution in [0.5, 0.6) is 0 Å². The van der Waals surface area contributed by atoms with Crippen LogP contribution < -0.4 is 10.6 Å². The predicted molar refractivity (Wildman–Crippen MR) is 136 cm³/mol. The first-order valence-corrected chi connectivity index (χ1v) is 13.9. The third-order valence-electron chi connectivity index (χ3n) is 9.16. The molecule has 4 fully saturated rings. The number of nitrogens with one attached hydrogen (secondary N) is 3. The number of likely N-dealkylation sites (tertiary alicyclic amines) is 1. The molecule has 3 amide bonds. The van der Waals surface area contributed by atoms with Gasteiger partial charge in [-0.1, -0.05) is 6.07 Å². The van der Waals surface area contributed by atoms with Gasteiger partial charge < -0.3 is 20.5 Å². The van der Waals surface area contributed by atoms with Gasteiger partial charge >= 0.3 is 0 Å². The van der Waals surface area contributed by atoms with E-state index >= 15 is 0 Å². The maximum Gasteiger partial charge on any atom is 0.249 e. The van der Waals surface area contributed by atoms with Crippen molar-refractivity contribution >= 4 is 28.8 Å². The monoisotopic (exact) mass is 545 g/mol. The van der Waals surface area contributed by atoms with E-state index in [1.165, 1.54) is 6.07 Å². The van der Waals surface area contributed by atoms with Crippen molar-refractivity contribution in [3.8, 4) is 0 Å². The highest BCUT2D eigenvalue weighted by Crippen LogP contribution is 2.64. The van der Waals surface area contributed by atoms with Crippen molar-refractivity contribution in [3.63, 3.8) is 0 Å². The molecule has 2 atom stereocenters. The maximum absolute atomic E-state index is 14.2. The molecule has 0 unspecified atom stereocenters. The molecule has 1 aromatic carbocycles. The van der Waals surface area contributed by atoms with E-state index in [-0.39, 0.29) is 42.6 Å². The summed E-state index contributed by atoms with van der Waals surface area (Å²) in [7, 11) is 0. The Balaban J connectivity index is 1.16. The molecule has 39 heavy (non-hydrogen) atoms. The van der Waals surface area contributed by atoms with E-state index in [9.17, 15) is 27.6 Å². The molecule has 210 valence electrons. The second kappa shape index (κ2) is 9.23. The van der Waals surface area contributed by atoms with Gasteiger partial charge in [0.05, 0.1) is 17.5 Å². The lowest BCUT2D eigenvalue weighted by atomic mass is 9.50. The summed E-state index contributed by atoms with van der Waals surface area (Å²) in [6.07, 6.45) is 4.13. The average Bonchev–Trinajstić information content (AvgIpc) is 3.47. The Kier molecular flexibility index (Phi) is 6.18. The minimum atomic E-state index is -2.65. The molecular weight excluding hydrogens is 511 g/mol. The maximum atomic E-state index is 14.2. The number of rotatable bonds is 7. The molecule has 1 aromatic heterocycles.